The molecule has 2 N–H and O–H groups in total. The standard InChI is InChI=1S/C9H16O5/c1-3-9(12)14-7(2)5-13-6-8(11)4-10/h3,7-8,10-11H,1,4-6H2,2H3. The number of rotatable bonds is 7. The van der Waals surface area contributed by atoms with E-state index in [2.05, 4.69) is 6.58 Å². The first-order chi connectivity index (χ1) is 6.60. The van der Waals surface area contributed by atoms with Gasteiger partial charge in [0.05, 0.1) is 19.8 Å². The van der Waals surface area contributed by atoms with Crippen molar-refractivity contribution in [3.63, 3.8) is 0 Å². The fourth-order valence-electron chi connectivity index (χ4n) is 0.703. The number of hydrogen-bond acceptors (Lipinski definition) is 5. The SMILES string of the molecule is C=CC(=O)OC(C)COCC(O)CO. The second kappa shape index (κ2) is 7.49. The lowest BCUT2D eigenvalue weighted by atomic mass is 10.4. The van der Waals surface area contributed by atoms with Crippen LogP contribution in [0, 0.1) is 0 Å². The molecule has 0 aliphatic carbocycles. The molecule has 0 bridgehead atoms. The Morgan fingerprint density at radius 3 is 2.71 bits per heavy atom. The van der Waals surface area contributed by atoms with E-state index in [9.17, 15) is 4.79 Å². The zero-order valence-corrected chi connectivity index (χ0v) is 8.18. The highest BCUT2D eigenvalue weighted by Crippen LogP contribution is 1.94. The Morgan fingerprint density at radius 1 is 1.57 bits per heavy atom. The van der Waals surface area contributed by atoms with E-state index in [4.69, 9.17) is 19.7 Å². The Bertz CT molecular complexity index is 180. The van der Waals surface area contributed by atoms with Crippen LogP contribution in [-0.2, 0) is 14.3 Å². The van der Waals surface area contributed by atoms with Gasteiger partial charge in [0.1, 0.15) is 12.2 Å². The van der Waals surface area contributed by atoms with Crippen LogP contribution in [0.25, 0.3) is 0 Å². The summed E-state index contributed by atoms with van der Waals surface area (Å²) in [5.74, 6) is -0.510. The summed E-state index contributed by atoms with van der Waals surface area (Å²) in [5, 5.41) is 17.4. The lowest BCUT2D eigenvalue weighted by Gasteiger charge is -2.13. The maximum absolute atomic E-state index is 10.7. The van der Waals surface area contributed by atoms with E-state index < -0.39 is 18.2 Å². The summed E-state index contributed by atoms with van der Waals surface area (Å²) in [5.41, 5.74) is 0. The first-order valence-corrected chi connectivity index (χ1v) is 4.29. The number of ether oxygens (including phenoxy) is 2. The molecule has 0 fully saturated rings. The summed E-state index contributed by atoms with van der Waals surface area (Å²) < 4.78 is 9.76. The molecule has 82 valence electrons. The molecule has 0 amide bonds. The van der Waals surface area contributed by atoms with Crippen molar-refractivity contribution in [2.75, 3.05) is 19.8 Å². The minimum Gasteiger partial charge on any atom is -0.457 e. The average Bonchev–Trinajstić information content (AvgIpc) is 2.17. The van der Waals surface area contributed by atoms with Crippen molar-refractivity contribution < 1.29 is 24.5 Å². The Kier molecular flexibility index (Phi) is 7.00. The molecule has 0 aromatic carbocycles. The van der Waals surface area contributed by atoms with Gasteiger partial charge >= 0.3 is 5.97 Å². The number of carbonyl (C=O) groups is 1. The van der Waals surface area contributed by atoms with E-state index in [0.717, 1.165) is 6.08 Å². The molecular weight excluding hydrogens is 188 g/mol. The molecule has 0 aromatic rings. The van der Waals surface area contributed by atoms with E-state index in [-0.39, 0.29) is 19.8 Å². The minimum atomic E-state index is -0.891. The Hall–Kier alpha value is -0.910. The number of esters is 1. The average molecular weight is 204 g/mol. The van der Waals surface area contributed by atoms with Crippen molar-refractivity contribution in [3.05, 3.63) is 12.7 Å². The van der Waals surface area contributed by atoms with Crippen molar-refractivity contribution >= 4 is 5.97 Å². The van der Waals surface area contributed by atoms with Crippen LogP contribution in [0.1, 0.15) is 6.92 Å². The molecule has 0 spiro atoms. The summed E-state index contributed by atoms with van der Waals surface area (Å²) in [4.78, 5) is 10.7. The molecule has 0 rings (SSSR count). The van der Waals surface area contributed by atoms with Crippen LogP contribution >= 0.6 is 0 Å². The highest BCUT2D eigenvalue weighted by Gasteiger charge is 2.08. The molecule has 14 heavy (non-hydrogen) atoms. The number of aliphatic hydroxyl groups excluding tert-OH is 2. The molecular formula is C9H16O5. The zero-order valence-electron chi connectivity index (χ0n) is 8.18. The van der Waals surface area contributed by atoms with Crippen LogP contribution in [0.3, 0.4) is 0 Å². The first-order valence-electron chi connectivity index (χ1n) is 4.29. The van der Waals surface area contributed by atoms with Crippen LogP contribution in [-0.4, -0.2) is 48.2 Å². The number of hydrogen-bond donors (Lipinski definition) is 2. The highest BCUT2D eigenvalue weighted by atomic mass is 16.6. The second-order valence-corrected chi connectivity index (χ2v) is 2.83. The molecule has 2 atom stereocenters. The second-order valence-electron chi connectivity index (χ2n) is 2.83. The molecule has 5 heteroatoms. The molecule has 0 saturated heterocycles. The van der Waals surface area contributed by atoms with Crippen molar-refractivity contribution in [1.82, 2.24) is 0 Å². The summed E-state index contributed by atoms with van der Waals surface area (Å²) in [6.45, 7) is 4.76. The van der Waals surface area contributed by atoms with Gasteiger partial charge in [0, 0.05) is 6.08 Å². The van der Waals surface area contributed by atoms with Crippen LogP contribution in [0.2, 0.25) is 0 Å². The van der Waals surface area contributed by atoms with E-state index >= 15 is 0 Å². The Labute approximate surface area is 82.9 Å². The van der Waals surface area contributed by atoms with E-state index in [1.54, 1.807) is 6.92 Å². The fourth-order valence-corrected chi connectivity index (χ4v) is 0.703. The van der Waals surface area contributed by atoms with Gasteiger partial charge in [-0.1, -0.05) is 6.58 Å². The number of carbonyl (C=O) groups excluding carboxylic acids is 1. The molecule has 0 heterocycles. The molecule has 0 aromatic heterocycles. The third-order valence-corrected chi connectivity index (χ3v) is 1.36. The van der Waals surface area contributed by atoms with Crippen LogP contribution in [0.4, 0.5) is 0 Å². The summed E-state index contributed by atoms with van der Waals surface area (Å²) in [6.07, 6.45) is -0.220. The molecule has 0 saturated carbocycles. The third-order valence-electron chi connectivity index (χ3n) is 1.36. The van der Waals surface area contributed by atoms with E-state index in [1.165, 1.54) is 0 Å². The summed E-state index contributed by atoms with van der Waals surface area (Å²) in [7, 11) is 0. The van der Waals surface area contributed by atoms with Crippen LogP contribution in [0.15, 0.2) is 12.7 Å². The Balaban J connectivity index is 3.48. The molecule has 2 unspecified atom stereocenters. The summed E-state index contributed by atoms with van der Waals surface area (Å²) >= 11 is 0. The van der Waals surface area contributed by atoms with Gasteiger partial charge in [-0.15, -0.1) is 0 Å². The van der Waals surface area contributed by atoms with Crippen molar-refractivity contribution in [1.29, 1.82) is 0 Å². The molecule has 0 aliphatic heterocycles. The van der Waals surface area contributed by atoms with E-state index in [1.807, 2.05) is 0 Å². The van der Waals surface area contributed by atoms with Crippen molar-refractivity contribution in [2.24, 2.45) is 0 Å². The zero-order chi connectivity index (χ0) is 11.0. The van der Waals surface area contributed by atoms with Gasteiger partial charge in [-0.3, -0.25) is 0 Å². The first kappa shape index (κ1) is 13.1. The van der Waals surface area contributed by atoms with Gasteiger partial charge in [0.25, 0.3) is 0 Å². The minimum absolute atomic E-state index is 0.0203. The van der Waals surface area contributed by atoms with Gasteiger partial charge < -0.3 is 19.7 Å². The van der Waals surface area contributed by atoms with Crippen LogP contribution in [0.5, 0.6) is 0 Å². The van der Waals surface area contributed by atoms with Crippen molar-refractivity contribution in [3.8, 4) is 0 Å². The van der Waals surface area contributed by atoms with Gasteiger partial charge in [0.2, 0.25) is 0 Å². The highest BCUT2D eigenvalue weighted by molar-refractivity contribution is 5.81. The normalized spacial score (nSPS) is 14.5. The van der Waals surface area contributed by atoms with Crippen LogP contribution < -0.4 is 0 Å². The molecule has 0 radical (unpaired) electrons. The topological polar surface area (TPSA) is 76.0 Å². The predicted octanol–water partition coefficient (Wildman–Crippen LogP) is -0.526. The van der Waals surface area contributed by atoms with Gasteiger partial charge in [-0.2, -0.15) is 0 Å². The molecule has 0 aliphatic rings. The van der Waals surface area contributed by atoms with Crippen molar-refractivity contribution in [2.45, 2.75) is 19.1 Å². The quantitative estimate of drug-likeness (QED) is 0.431. The lowest BCUT2D eigenvalue weighted by Crippen LogP contribution is -2.24. The number of aliphatic hydroxyl groups is 2. The largest absolute Gasteiger partial charge is 0.457 e. The smallest absolute Gasteiger partial charge is 0.330 e. The third kappa shape index (κ3) is 6.59. The van der Waals surface area contributed by atoms with Gasteiger partial charge in [-0.25, -0.2) is 4.79 Å². The lowest BCUT2D eigenvalue weighted by molar-refractivity contribution is -0.145. The monoisotopic (exact) mass is 204 g/mol. The van der Waals surface area contributed by atoms with Gasteiger partial charge in [-0.05, 0) is 6.92 Å². The Morgan fingerprint density at radius 2 is 2.21 bits per heavy atom. The maximum atomic E-state index is 10.7. The summed E-state index contributed by atoms with van der Waals surface area (Å²) in [6, 6.07) is 0. The fraction of sp³-hybridized carbons (Fsp3) is 0.667. The maximum Gasteiger partial charge on any atom is 0.330 e. The predicted molar refractivity (Wildman–Crippen MR) is 49.7 cm³/mol. The van der Waals surface area contributed by atoms with E-state index in [0.29, 0.717) is 0 Å². The van der Waals surface area contributed by atoms with Gasteiger partial charge in [0.15, 0.2) is 0 Å². The molecule has 5 nitrogen and oxygen atoms in total.